The predicted octanol–water partition coefficient (Wildman–Crippen LogP) is 2.68. The highest BCUT2D eigenvalue weighted by Crippen LogP contribution is 2.12. The highest BCUT2D eigenvalue weighted by molar-refractivity contribution is 5.70. The van der Waals surface area contributed by atoms with Crippen molar-refractivity contribution in [2.75, 3.05) is 52.4 Å². The van der Waals surface area contributed by atoms with Gasteiger partial charge in [0.05, 0.1) is 0 Å². The molecule has 5 heteroatoms. The van der Waals surface area contributed by atoms with Gasteiger partial charge in [-0.15, -0.1) is 0 Å². The van der Waals surface area contributed by atoms with Gasteiger partial charge in [-0.1, -0.05) is 24.6 Å². The van der Waals surface area contributed by atoms with E-state index in [1.165, 1.54) is 32.4 Å². The Labute approximate surface area is 145 Å². The molecular formula is C19H29N3O2. The monoisotopic (exact) mass is 331 g/mol. The molecule has 24 heavy (non-hydrogen) atoms. The highest BCUT2D eigenvalue weighted by Gasteiger charge is 2.21. The molecule has 0 atom stereocenters. The molecular weight excluding hydrogens is 302 g/mol. The molecule has 0 aromatic heterocycles. The molecule has 0 unspecified atom stereocenters. The van der Waals surface area contributed by atoms with E-state index in [1.54, 1.807) is 0 Å². The van der Waals surface area contributed by atoms with Crippen LogP contribution in [-0.2, 0) is 0 Å². The van der Waals surface area contributed by atoms with E-state index in [1.807, 2.05) is 35.2 Å². The summed E-state index contributed by atoms with van der Waals surface area (Å²) in [5.41, 5.74) is 0. The lowest BCUT2D eigenvalue weighted by Crippen LogP contribution is -2.40. The van der Waals surface area contributed by atoms with Crippen LogP contribution in [0.3, 0.4) is 0 Å². The van der Waals surface area contributed by atoms with Crippen molar-refractivity contribution in [3.05, 3.63) is 30.3 Å². The Morgan fingerprint density at radius 2 is 1.46 bits per heavy atom. The summed E-state index contributed by atoms with van der Waals surface area (Å²) in [5.74, 6) is 0.619. The van der Waals surface area contributed by atoms with Crippen molar-refractivity contribution >= 4 is 6.09 Å². The molecule has 0 bridgehead atoms. The average molecular weight is 331 g/mol. The maximum atomic E-state index is 12.3. The first-order valence-corrected chi connectivity index (χ1v) is 9.28. The third kappa shape index (κ3) is 5.21. The Balaban J connectivity index is 1.41. The molecule has 0 radical (unpaired) electrons. The number of nitrogens with zero attached hydrogens (tertiary/aromatic N) is 3. The number of rotatable bonds is 4. The molecule has 2 saturated heterocycles. The Bertz CT molecular complexity index is 503. The van der Waals surface area contributed by atoms with Crippen molar-refractivity contribution in [3.63, 3.8) is 0 Å². The number of likely N-dealkylation sites (tertiary alicyclic amines) is 1. The topological polar surface area (TPSA) is 36.0 Å². The summed E-state index contributed by atoms with van der Waals surface area (Å²) in [7, 11) is 0. The third-order valence-electron chi connectivity index (χ3n) is 4.98. The van der Waals surface area contributed by atoms with Crippen LogP contribution < -0.4 is 4.74 Å². The van der Waals surface area contributed by atoms with Gasteiger partial charge >= 0.3 is 6.09 Å². The van der Waals surface area contributed by atoms with Gasteiger partial charge in [-0.05, 0) is 51.0 Å². The van der Waals surface area contributed by atoms with Gasteiger partial charge in [0.2, 0.25) is 0 Å². The fourth-order valence-corrected chi connectivity index (χ4v) is 3.50. The smallest absolute Gasteiger partial charge is 0.410 e. The van der Waals surface area contributed by atoms with E-state index in [-0.39, 0.29) is 6.09 Å². The Hall–Kier alpha value is -1.59. The lowest BCUT2D eigenvalue weighted by Gasteiger charge is -2.29. The van der Waals surface area contributed by atoms with Gasteiger partial charge in [-0.25, -0.2) is 4.79 Å². The lowest BCUT2D eigenvalue weighted by molar-refractivity contribution is 0.151. The van der Waals surface area contributed by atoms with Crippen LogP contribution in [0.15, 0.2) is 30.3 Å². The summed E-state index contributed by atoms with van der Waals surface area (Å²) in [4.78, 5) is 19.2. The zero-order valence-corrected chi connectivity index (χ0v) is 14.5. The summed E-state index contributed by atoms with van der Waals surface area (Å²) < 4.78 is 5.46. The predicted molar refractivity (Wildman–Crippen MR) is 95.4 cm³/mol. The second-order valence-corrected chi connectivity index (χ2v) is 6.77. The molecule has 5 nitrogen and oxygen atoms in total. The number of hydrogen-bond donors (Lipinski definition) is 0. The number of para-hydroxylation sites is 1. The van der Waals surface area contributed by atoms with Gasteiger partial charge in [0, 0.05) is 32.7 Å². The largest absolute Gasteiger partial charge is 0.415 e. The molecule has 0 spiro atoms. The molecule has 0 saturated carbocycles. The molecule has 2 fully saturated rings. The zero-order valence-electron chi connectivity index (χ0n) is 14.5. The maximum Gasteiger partial charge on any atom is 0.415 e. The van der Waals surface area contributed by atoms with Crippen molar-refractivity contribution in [3.8, 4) is 5.75 Å². The Morgan fingerprint density at radius 3 is 2.21 bits per heavy atom. The van der Waals surface area contributed by atoms with Crippen LogP contribution in [0.2, 0.25) is 0 Å². The molecule has 132 valence electrons. The SMILES string of the molecule is O=C(Oc1ccccc1)N1CCCN(CCN2CCCCC2)CC1. The number of piperidine rings is 1. The van der Waals surface area contributed by atoms with Crippen LogP contribution in [0.4, 0.5) is 4.79 Å². The van der Waals surface area contributed by atoms with Crippen molar-refractivity contribution in [2.24, 2.45) is 0 Å². The van der Waals surface area contributed by atoms with Gasteiger partial charge in [-0.2, -0.15) is 0 Å². The number of carbonyl (C=O) groups is 1. The second kappa shape index (κ2) is 9.04. The summed E-state index contributed by atoms with van der Waals surface area (Å²) >= 11 is 0. The summed E-state index contributed by atoms with van der Waals surface area (Å²) in [5, 5.41) is 0. The number of amides is 1. The van der Waals surface area contributed by atoms with Crippen molar-refractivity contribution in [2.45, 2.75) is 25.7 Å². The molecule has 3 rings (SSSR count). The van der Waals surface area contributed by atoms with Crippen LogP contribution in [0.25, 0.3) is 0 Å². The number of ether oxygens (including phenoxy) is 1. The van der Waals surface area contributed by atoms with E-state index >= 15 is 0 Å². The molecule has 1 aromatic carbocycles. The molecule has 0 N–H and O–H groups in total. The van der Waals surface area contributed by atoms with Crippen LogP contribution in [0, 0.1) is 0 Å². The van der Waals surface area contributed by atoms with Crippen LogP contribution in [0.5, 0.6) is 5.75 Å². The van der Waals surface area contributed by atoms with E-state index in [0.29, 0.717) is 5.75 Å². The number of hydrogen-bond acceptors (Lipinski definition) is 4. The van der Waals surface area contributed by atoms with Crippen molar-refractivity contribution in [1.29, 1.82) is 0 Å². The maximum absolute atomic E-state index is 12.3. The van der Waals surface area contributed by atoms with Gasteiger partial charge < -0.3 is 19.4 Å². The van der Waals surface area contributed by atoms with E-state index in [0.717, 1.165) is 45.7 Å². The summed E-state index contributed by atoms with van der Waals surface area (Å²) in [6.07, 6.45) is 4.87. The van der Waals surface area contributed by atoms with Gasteiger partial charge in [0.25, 0.3) is 0 Å². The minimum atomic E-state index is -0.223. The normalized spacial score (nSPS) is 20.6. The number of benzene rings is 1. The molecule has 2 aliphatic heterocycles. The number of carbonyl (C=O) groups excluding carboxylic acids is 1. The first-order valence-electron chi connectivity index (χ1n) is 9.28. The van der Waals surface area contributed by atoms with E-state index in [2.05, 4.69) is 9.80 Å². The van der Waals surface area contributed by atoms with Gasteiger partial charge in [-0.3, -0.25) is 0 Å². The quantitative estimate of drug-likeness (QED) is 0.850. The average Bonchev–Trinajstić information content (AvgIpc) is 2.87. The first kappa shape index (κ1) is 17.2. The van der Waals surface area contributed by atoms with E-state index in [9.17, 15) is 4.79 Å². The van der Waals surface area contributed by atoms with Crippen LogP contribution in [0.1, 0.15) is 25.7 Å². The highest BCUT2D eigenvalue weighted by atomic mass is 16.6. The second-order valence-electron chi connectivity index (χ2n) is 6.77. The Kier molecular flexibility index (Phi) is 6.49. The standard InChI is InChI=1S/C19H29N3O2/c23-19(24-18-8-3-1-4-9-18)22-13-7-12-21(16-17-22)15-14-20-10-5-2-6-11-20/h1,3-4,8-9H,2,5-7,10-17H2. The summed E-state index contributed by atoms with van der Waals surface area (Å²) in [6.45, 7) is 8.33. The van der Waals surface area contributed by atoms with Crippen LogP contribution >= 0.6 is 0 Å². The summed E-state index contributed by atoms with van der Waals surface area (Å²) in [6, 6.07) is 9.32. The fourth-order valence-electron chi connectivity index (χ4n) is 3.50. The molecule has 0 aliphatic carbocycles. The minimum absolute atomic E-state index is 0.223. The molecule has 2 aliphatic rings. The van der Waals surface area contributed by atoms with E-state index < -0.39 is 0 Å². The molecule has 2 heterocycles. The molecule has 1 amide bonds. The van der Waals surface area contributed by atoms with Crippen molar-refractivity contribution in [1.82, 2.24) is 14.7 Å². The van der Waals surface area contributed by atoms with Gasteiger partial charge in [0.1, 0.15) is 5.75 Å². The zero-order chi connectivity index (χ0) is 16.6. The fraction of sp³-hybridized carbons (Fsp3) is 0.632. The lowest BCUT2D eigenvalue weighted by atomic mass is 10.1. The van der Waals surface area contributed by atoms with Crippen LogP contribution in [-0.4, -0.2) is 73.2 Å². The van der Waals surface area contributed by atoms with E-state index in [4.69, 9.17) is 4.74 Å². The minimum Gasteiger partial charge on any atom is -0.410 e. The third-order valence-corrected chi connectivity index (χ3v) is 4.98. The van der Waals surface area contributed by atoms with Gasteiger partial charge in [0.15, 0.2) is 0 Å². The van der Waals surface area contributed by atoms with Crippen molar-refractivity contribution < 1.29 is 9.53 Å². The molecule has 1 aromatic rings. The Morgan fingerprint density at radius 1 is 0.792 bits per heavy atom. The first-order chi connectivity index (χ1) is 11.8.